The highest BCUT2D eigenvalue weighted by Gasteiger charge is 2.48. The lowest BCUT2D eigenvalue weighted by Crippen LogP contribution is -2.56. The van der Waals surface area contributed by atoms with Crippen LogP contribution in [-0.4, -0.2) is 30.2 Å². The van der Waals surface area contributed by atoms with E-state index in [0.29, 0.717) is 25.3 Å². The second kappa shape index (κ2) is 6.55. The minimum Gasteiger partial charge on any atom is -0.352 e. The van der Waals surface area contributed by atoms with E-state index in [2.05, 4.69) is 17.6 Å². The molecule has 0 aromatic rings. The zero-order chi connectivity index (χ0) is 15.6. The van der Waals surface area contributed by atoms with Gasteiger partial charge in [-0.1, -0.05) is 12.8 Å². The van der Waals surface area contributed by atoms with E-state index in [4.69, 9.17) is 0 Å². The highest BCUT2D eigenvalue weighted by atomic mass is 19.4. The number of amides is 1. The summed E-state index contributed by atoms with van der Waals surface area (Å²) >= 11 is 0. The van der Waals surface area contributed by atoms with Crippen molar-refractivity contribution in [3.8, 4) is 0 Å². The largest absolute Gasteiger partial charge is 0.392 e. The van der Waals surface area contributed by atoms with Gasteiger partial charge in [0.15, 0.2) is 0 Å². The molecule has 6 heteroatoms. The van der Waals surface area contributed by atoms with Crippen LogP contribution in [0.2, 0.25) is 0 Å². The molecule has 0 aromatic heterocycles. The standard InChI is InChI=1S/C15H25F3N2O/c1-9-7-8-13(10(2)19-9)20-14(21)11-5-3-4-6-12(11)15(16,17)18/h9-13,19H,3-8H2,1-2H3,(H,20,21). The van der Waals surface area contributed by atoms with E-state index in [1.807, 2.05) is 6.92 Å². The average molecular weight is 306 g/mol. The molecule has 1 amide bonds. The number of nitrogens with one attached hydrogen (secondary N) is 2. The van der Waals surface area contributed by atoms with Crippen molar-refractivity contribution in [3.05, 3.63) is 0 Å². The van der Waals surface area contributed by atoms with Crippen LogP contribution in [0.25, 0.3) is 0 Å². The predicted molar refractivity (Wildman–Crippen MR) is 74.7 cm³/mol. The minimum atomic E-state index is -4.27. The van der Waals surface area contributed by atoms with Gasteiger partial charge in [0.05, 0.1) is 5.92 Å². The summed E-state index contributed by atoms with van der Waals surface area (Å²) in [5.41, 5.74) is 0. The van der Waals surface area contributed by atoms with Crippen LogP contribution >= 0.6 is 0 Å². The maximum atomic E-state index is 13.1. The number of hydrogen-bond donors (Lipinski definition) is 2. The monoisotopic (exact) mass is 306 g/mol. The summed E-state index contributed by atoms with van der Waals surface area (Å²) in [6.45, 7) is 4.05. The van der Waals surface area contributed by atoms with Gasteiger partial charge < -0.3 is 10.6 Å². The van der Waals surface area contributed by atoms with Crippen LogP contribution in [0, 0.1) is 11.8 Å². The molecule has 1 saturated carbocycles. The van der Waals surface area contributed by atoms with Gasteiger partial charge in [-0.2, -0.15) is 13.2 Å². The Bertz CT molecular complexity index is 372. The zero-order valence-electron chi connectivity index (χ0n) is 12.7. The molecule has 0 radical (unpaired) electrons. The Balaban J connectivity index is 1.98. The minimum absolute atomic E-state index is 0.0653. The molecule has 1 saturated heterocycles. The Hall–Kier alpha value is -0.780. The lowest BCUT2D eigenvalue weighted by molar-refractivity contribution is -0.198. The SMILES string of the molecule is CC1CCC(NC(=O)C2CCCCC2C(F)(F)F)C(C)N1. The van der Waals surface area contributed by atoms with Gasteiger partial charge in [-0.25, -0.2) is 0 Å². The number of carbonyl (C=O) groups excluding carboxylic acids is 1. The first kappa shape index (κ1) is 16.6. The molecule has 2 N–H and O–H groups in total. The number of alkyl halides is 3. The first-order chi connectivity index (χ1) is 9.79. The van der Waals surface area contributed by atoms with Gasteiger partial charge in [0.25, 0.3) is 0 Å². The molecule has 0 aromatic carbocycles. The van der Waals surface area contributed by atoms with Crippen molar-refractivity contribution in [2.45, 2.75) is 76.7 Å². The lowest BCUT2D eigenvalue weighted by Gasteiger charge is -2.37. The molecule has 5 unspecified atom stereocenters. The van der Waals surface area contributed by atoms with E-state index in [1.54, 1.807) is 0 Å². The van der Waals surface area contributed by atoms with E-state index in [0.717, 1.165) is 12.8 Å². The summed E-state index contributed by atoms with van der Waals surface area (Å²) in [6, 6.07) is 0.431. The fourth-order valence-electron chi connectivity index (χ4n) is 3.65. The number of halogens is 3. The molecular weight excluding hydrogens is 281 g/mol. The summed E-state index contributed by atoms with van der Waals surface area (Å²) in [5.74, 6) is -2.80. The van der Waals surface area contributed by atoms with Crippen LogP contribution in [-0.2, 0) is 4.79 Å². The van der Waals surface area contributed by atoms with Gasteiger partial charge in [-0.05, 0) is 39.5 Å². The maximum Gasteiger partial charge on any atom is 0.392 e. The van der Waals surface area contributed by atoms with Crippen molar-refractivity contribution in [2.75, 3.05) is 0 Å². The van der Waals surface area contributed by atoms with E-state index in [9.17, 15) is 18.0 Å². The van der Waals surface area contributed by atoms with E-state index >= 15 is 0 Å². The molecule has 0 spiro atoms. The highest BCUT2D eigenvalue weighted by Crippen LogP contribution is 2.41. The molecule has 1 aliphatic carbocycles. The Morgan fingerprint density at radius 3 is 2.38 bits per heavy atom. The second-order valence-electron chi connectivity index (χ2n) is 6.59. The van der Waals surface area contributed by atoms with Crippen LogP contribution in [0.15, 0.2) is 0 Å². The fraction of sp³-hybridized carbons (Fsp3) is 0.933. The molecule has 2 rings (SSSR count). The van der Waals surface area contributed by atoms with Gasteiger partial charge in [0.1, 0.15) is 0 Å². The quantitative estimate of drug-likeness (QED) is 0.823. The van der Waals surface area contributed by atoms with Crippen molar-refractivity contribution in [1.29, 1.82) is 0 Å². The molecular formula is C15H25F3N2O. The molecule has 122 valence electrons. The third kappa shape index (κ3) is 4.11. The molecule has 2 aliphatic rings. The summed E-state index contributed by atoms with van der Waals surface area (Å²) in [7, 11) is 0. The molecule has 5 atom stereocenters. The van der Waals surface area contributed by atoms with Crippen molar-refractivity contribution >= 4 is 5.91 Å². The summed E-state index contributed by atoms with van der Waals surface area (Å²) in [5, 5.41) is 6.20. The van der Waals surface area contributed by atoms with Crippen molar-refractivity contribution < 1.29 is 18.0 Å². The number of carbonyl (C=O) groups is 1. The summed E-state index contributed by atoms with van der Waals surface area (Å²) < 4.78 is 39.2. The number of rotatable bonds is 2. The topological polar surface area (TPSA) is 41.1 Å². The smallest absolute Gasteiger partial charge is 0.352 e. The molecule has 2 fully saturated rings. The Labute approximate surface area is 124 Å². The average Bonchev–Trinajstić information content (AvgIpc) is 2.41. The fourth-order valence-corrected chi connectivity index (χ4v) is 3.65. The van der Waals surface area contributed by atoms with Gasteiger partial charge in [-0.15, -0.1) is 0 Å². The normalized spacial score (nSPS) is 38.0. The van der Waals surface area contributed by atoms with Gasteiger partial charge in [0, 0.05) is 24.0 Å². The number of piperidine rings is 1. The summed E-state index contributed by atoms with van der Waals surface area (Å²) in [6.07, 6.45) is -0.814. The number of hydrogen-bond acceptors (Lipinski definition) is 2. The van der Waals surface area contributed by atoms with Gasteiger partial charge in [0.2, 0.25) is 5.91 Å². The van der Waals surface area contributed by atoms with Crippen molar-refractivity contribution in [1.82, 2.24) is 10.6 Å². The Morgan fingerprint density at radius 2 is 1.76 bits per heavy atom. The van der Waals surface area contributed by atoms with Gasteiger partial charge in [-0.3, -0.25) is 4.79 Å². The van der Waals surface area contributed by atoms with Crippen LogP contribution < -0.4 is 10.6 Å². The lowest BCUT2D eigenvalue weighted by atomic mass is 9.78. The van der Waals surface area contributed by atoms with E-state index in [1.165, 1.54) is 0 Å². The van der Waals surface area contributed by atoms with Crippen molar-refractivity contribution in [3.63, 3.8) is 0 Å². The maximum absolute atomic E-state index is 13.1. The van der Waals surface area contributed by atoms with Crippen LogP contribution in [0.4, 0.5) is 13.2 Å². The molecule has 1 heterocycles. The molecule has 3 nitrogen and oxygen atoms in total. The molecule has 1 aliphatic heterocycles. The predicted octanol–water partition coefficient (Wildman–Crippen LogP) is 3.00. The van der Waals surface area contributed by atoms with Gasteiger partial charge >= 0.3 is 6.18 Å². The Kier molecular flexibility index (Phi) is 5.17. The first-order valence-electron chi connectivity index (χ1n) is 7.92. The third-order valence-corrected chi connectivity index (χ3v) is 4.91. The first-order valence-corrected chi connectivity index (χ1v) is 7.92. The summed E-state index contributed by atoms with van der Waals surface area (Å²) in [4.78, 5) is 12.3. The highest BCUT2D eigenvalue weighted by molar-refractivity contribution is 5.79. The zero-order valence-corrected chi connectivity index (χ0v) is 12.7. The van der Waals surface area contributed by atoms with Crippen LogP contribution in [0.5, 0.6) is 0 Å². The second-order valence-corrected chi connectivity index (χ2v) is 6.59. The molecule has 21 heavy (non-hydrogen) atoms. The van der Waals surface area contributed by atoms with Crippen LogP contribution in [0.3, 0.4) is 0 Å². The molecule has 0 bridgehead atoms. The van der Waals surface area contributed by atoms with Crippen molar-refractivity contribution in [2.24, 2.45) is 11.8 Å². The third-order valence-electron chi connectivity index (χ3n) is 4.91. The van der Waals surface area contributed by atoms with E-state index in [-0.39, 0.29) is 18.5 Å². The van der Waals surface area contributed by atoms with Crippen LogP contribution in [0.1, 0.15) is 52.4 Å². The van der Waals surface area contributed by atoms with E-state index < -0.39 is 23.9 Å². The Morgan fingerprint density at radius 1 is 1.10 bits per heavy atom.